The summed E-state index contributed by atoms with van der Waals surface area (Å²) in [5.74, 6) is -0.132. The number of hydrogen-bond donors (Lipinski definition) is 1. The van der Waals surface area contributed by atoms with Gasteiger partial charge < -0.3 is 14.6 Å². The summed E-state index contributed by atoms with van der Waals surface area (Å²) in [6.07, 6.45) is 2.14. The Balaban J connectivity index is 2.12. The molecule has 1 atom stereocenters. The van der Waals surface area contributed by atoms with Gasteiger partial charge in [-0.25, -0.2) is 0 Å². The fourth-order valence-corrected chi connectivity index (χ4v) is 2.65. The van der Waals surface area contributed by atoms with Crippen LogP contribution >= 0.6 is 15.9 Å². The van der Waals surface area contributed by atoms with Crippen LogP contribution in [-0.4, -0.2) is 36.9 Å². The lowest BCUT2D eigenvalue weighted by Gasteiger charge is -2.22. The number of furan rings is 1. The van der Waals surface area contributed by atoms with E-state index in [1.807, 2.05) is 6.92 Å². The smallest absolute Gasteiger partial charge is 0.258 e. The van der Waals surface area contributed by atoms with Gasteiger partial charge in [-0.2, -0.15) is 0 Å². The van der Waals surface area contributed by atoms with Crippen LogP contribution in [0.4, 0.5) is 0 Å². The van der Waals surface area contributed by atoms with Crippen molar-refractivity contribution >= 4 is 27.7 Å². The van der Waals surface area contributed by atoms with E-state index in [0.717, 1.165) is 0 Å². The maximum absolute atomic E-state index is 12.2. The molecule has 0 saturated carbocycles. The number of hydrogen-bond acceptors (Lipinski definition) is 3. The van der Waals surface area contributed by atoms with Gasteiger partial charge in [0.15, 0.2) is 4.67 Å². The Labute approximate surface area is 114 Å². The molecule has 5 nitrogen and oxygen atoms in total. The number of halogens is 1. The van der Waals surface area contributed by atoms with Crippen molar-refractivity contribution in [1.82, 2.24) is 10.2 Å². The van der Waals surface area contributed by atoms with Crippen molar-refractivity contribution in [3.63, 3.8) is 0 Å². The Morgan fingerprint density at radius 3 is 2.83 bits per heavy atom. The van der Waals surface area contributed by atoms with Crippen LogP contribution < -0.4 is 5.32 Å². The quantitative estimate of drug-likeness (QED) is 0.902. The summed E-state index contributed by atoms with van der Waals surface area (Å²) in [5.41, 5.74) is -0.00294. The monoisotopic (exact) mass is 314 g/mol. The predicted molar refractivity (Wildman–Crippen MR) is 69.1 cm³/mol. The first-order valence-corrected chi connectivity index (χ1v) is 6.52. The SMILES string of the molecule is CNC(=O)C1(C)CCN(C(=O)c2ccoc2Br)C1. The third-order valence-corrected chi connectivity index (χ3v) is 4.00. The highest BCUT2D eigenvalue weighted by molar-refractivity contribution is 9.10. The molecule has 1 aliphatic rings. The zero-order valence-corrected chi connectivity index (χ0v) is 11.9. The van der Waals surface area contributed by atoms with E-state index < -0.39 is 5.41 Å². The van der Waals surface area contributed by atoms with Crippen molar-refractivity contribution in [2.75, 3.05) is 20.1 Å². The van der Waals surface area contributed by atoms with E-state index in [1.54, 1.807) is 18.0 Å². The molecule has 0 aliphatic carbocycles. The average molecular weight is 315 g/mol. The zero-order valence-electron chi connectivity index (χ0n) is 10.3. The van der Waals surface area contributed by atoms with Crippen LogP contribution in [0.2, 0.25) is 0 Å². The molecule has 1 fully saturated rings. The second-order valence-corrected chi connectivity index (χ2v) is 5.44. The van der Waals surface area contributed by atoms with Gasteiger partial charge in [-0.15, -0.1) is 0 Å². The minimum absolute atomic E-state index is 0.0240. The Kier molecular flexibility index (Phi) is 3.47. The maximum atomic E-state index is 12.2. The summed E-state index contributed by atoms with van der Waals surface area (Å²) in [6, 6.07) is 1.63. The second-order valence-electron chi connectivity index (χ2n) is 4.72. The first-order chi connectivity index (χ1) is 8.48. The molecule has 0 bridgehead atoms. The number of nitrogens with one attached hydrogen (secondary N) is 1. The third-order valence-electron chi connectivity index (χ3n) is 3.38. The molecular formula is C12H15BrN2O3. The standard InChI is InChI=1S/C12H15BrN2O3/c1-12(11(17)14-2)4-5-15(7-12)10(16)8-3-6-18-9(8)13/h3,6H,4-5,7H2,1-2H3,(H,14,17). The predicted octanol–water partition coefficient (Wildman–Crippen LogP) is 1.64. The Morgan fingerprint density at radius 1 is 1.56 bits per heavy atom. The molecule has 1 aliphatic heterocycles. The van der Waals surface area contributed by atoms with Gasteiger partial charge in [-0.1, -0.05) is 0 Å². The lowest BCUT2D eigenvalue weighted by Crippen LogP contribution is -2.40. The van der Waals surface area contributed by atoms with Crippen LogP contribution in [-0.2, 0) is 4.79 Å². The van der Waals surface area contributed by atoms with E-state index >= 15 is 0 Å². The number of likely N-dealkylation sites (tertiary alicyclic amines) is 1. The fraction of sp³-hybridized carbons (Fsp3) is 0.500. The minimum Gasteiger partial charge on any atom is -0.457 e. The third kappa shape index (κ3) is 2.16. The van der Waals surface area contributed by atoms with Crippen LogP contribution in [0, 0.1) is 5.41 Å². The van der Waals surface area contributed by atoms with Crippen LogP contribution in [0.15, 0.2) is 21.4 Å². The summed E-state index contributed by atoms with van der Waals surface area (Å²) in [5, 5.41) is 2.65. The number of nitrogens with zero attached hydrogens (tertiary/aromatic N) is 1. The maximum Gasteiger partial charge on any atom is 0.258 e. The minimum atomic E-state index is -0.499. The largest absolute Gasteiger partial charge is 0.457 e. The Morgan fingerprint density at radius 2 is 2.28 bits per heavy atom. The summed E-state index contributed by atoms with van der Waals surface area (Å²) in [7, 11) is 1.62. The highest BCUT2D eigenvalue weighted by Crippen LogP contribution is 2.32. The van der Waals surface area contributed by atoms with Gasteiger partial charge in [0.25, 0.3) is 5.91 Å². The van der Waals surface area contributed by atoms with Crippen molar-refractivity contribution in [2.24, 2.45) is 5.41 Å². The highest BCUT2D eigenvalue weighted by Gasteiger charge is 2.42. The fourth-order valence-electron chi connectivity index (χ4n) is 2.24. The van der Waals surface area contributed by atoms with Crippen molar-refractivity contribution in [3.8, 4) is 0 Å². The van der Waals surface area contributed by atoms with E-state index in [4.69, 9.17) is 4.42 Å². The van der Waals surface area contributed by atoms with Gasteiger partial charge in [0.05, 0.1) is 17.2 Å². The van der Waals surface area contributed by atoms with E-state index in [1.165, 1.54) is 6.26 Å². The Bertz CT molecular complexity index is 485. The molecule has 1 unspecified atom stereocenters. The molecule has 2 amide bonds. The van der Waals surface area contributed by atoms with Crippen molar-refractivity contribution in [1.29, 1.82) is 0 Å². The normalized spacial score (nSPS) is 23.2. The molecule has 1 N–H and O–H groups in total. The molecule has 0 aromatic carbocycles. The molecule has 2 rings (SSSR count). The second kappa shape index (κ2) is 4.76. The van der Waals surface area contributed by atoms with Crippen LogP contribution in [0.3, 0.4) is 0 Å². The van der Waals surface area contributed by atoms with Gasteiger partial charge in [0.1, 0.15) is 0 Å². The lowest BCUT2D eigenvalue weighted by molar-refractivity contribution is -0.128. The molecule has 1 aromatic rings. The van der Waals surface area contributed by atoms with Crippen molar-refractivity contribution in [3.05, 3.63) is 22.6 Å². The number of amides is 2. The number of rotatable bonds is 2. The molecule has 0 radical (unpaired) electrons. The van der Waals surface area contributed by atoms with E-state index in [9.17, 15) is 9.59 Å². The first kappa shape index (κ1) is 13.1. The number of carbonyl (C=O) groups excluding carboxylic acids is 2. The van der Waals surface area contributed by atoms with Gasteiger partial charge in [0, 0.05) is 20.1 Å². The van der Waals surface area contributed by atoms with Gasteiger partial charge in [-0.05, 0) is 35.3 Å². The van der Waals surface area contributed by atoms with E-state index in [0.29, 0.717) is 29.7 Å². The van der Waals surface area contributed by atoms with Gasteiger partial charge in [-0.3, -0.25) is 9.59 Å². The Hall–Kier alpha value is -1.30. The van der Waals surface area contributed by atoms with Crippen molar-refractivity contribution < 1.29 is 14.0 Å². The lowest BCUT2D eigenvalue weighted by atomic mass is 9.89. The van der Waals surface area contributed by atoms with Crippen molar-refractivity contribution in [2.45, 2.75) is 13.3 Å². The van der Waals surface area contributed by atoms with E-state index in [2.05, 4.69) is 21.2 Å². The van der Waals surface area contributed by atoms with Gasteiger partial charge >= 0.3 is 0 Å². The van der Waals surface area contributed by atoms with Crippen LogP contribution in [0.5, 0.6) is 0 Å². The molecule has 98 valence electrons. The summed E-state index contributed by atoms with van der Waals surface area (Å²) < 4.78 is 5.49. The average Bonchev–Trinajstić information content (AvgIpc) is 2.95. The molecule has 2 heterocycles. The molecule has 1 aromatic heterocycles. The highest BCUT2D eigenvalue weighted by atomic mass is 79.9. The topological polar surface area (TPSA) is 62.6 Å². The van der Waals surface area contributed by atoms with Crippen LogP contribution in [0.1, 0.15) is 23.7 Å². The number of carbonyl (C=O) groups is 2. The molecular weight excluding hydrogens is 300 g/mol. The zero-order chi connectivity index (χ0) is 13.3. The molecule has 6 heteroatoms. The summed E-state index contributed by atoms with van der Waals surface area (Å²) >= 11 is 3.19. The molecule has 0 spiro atoms. The van der Waals surface area contributed by atoms with Crippen LogP contribution in [0.25, 0.3) is 0 Å². The van der Waals surface area contributed by atoms with E-state index in [-0.39, 0.29) is 11.8 Å². The molecule has 1 saturated heterocycles. The summed E-state index contributed by atoms with van der Waals surface area (Å²) in [4.78, 5) is 25.7. The van der Waals surface area contributed by atoms with Gasteiger partial charge in [0.2, 0.25) is 5.91 Å². The molecule has 18 heavy (non-hydrogen) atoms. The first-order valence-electron chi connectivity index (χ1n) is 5.72. The summed E-state index contributed by atoms with van der Waals surface area (Å²) in [6.45, 7) is 2.90.